The van der Waals surface area contributed by atoms with Crippen molar-refractivity contribution in [2.24, 2.45) is 5.92 Å². The molecule has 1 atom stereocenters. The molecule has 30 heavy (non-hydrogen) atoms. The Hall–Kier alpha value is -1.13. The molecule has 2 aromatic carbocycles. The summed E-state index contributed by atoms with van der Waals surface area (Å²) in [4.78, 5) is 7.34. The van der Waals surface area contributed by atoms with Crippen LogP contribution in [-0.2, 0) is 6.42 Å². The first kappa shape index (κ1) is 22.1. The molecule has 2 aliphatic heterocycles. The molecule has 1 fully saturated rings. The van der Waals surface area contributed by atoms with Gasteiger partial charge in [0.1, 0.15) is 0 Å². The minimum Gasteiger partial charge on any atom is -0.374 e. The van der Waals surface area contributed by atoms with Crippen molar-refractivity contribution >= 4 is 46.2 Å². The summed E-state index contributed by atoms with van der Waals surface area (Å²) in [6, 6.07) is 12.2. The van der Waals surface area contributed by atoms with Gasteiger partial charge in [-0.3, -0.25) is 4.90 Å². The number of anilines is 2. The van der Waals surface area contributed by atoms with Crippen LogP contribution in [0.1, 0.15) is 24.8 Å². The van der Waals surface area contributed by atoms with Gasteiger partial charge in [-0.15, -0.1) is 0 Å². The highest BCUT2D eigenvalue weighted by Gasteiger charge is 2.22. The van der Waals surface area contributed by atoms with E-state index in [9.17, 15) is 0 Å². The van der Waals surface area contributed by atoms with Crippen LogP contribution in [-0.4, -0.2) is 51.2 Å². The third-order valence-electron chi connectivity index (χ3n) is 6.54. The van der Waals surface area contributed by atoms with Gasteiger partial charge in [0.2, 0.25) is 0 Å². The van der Waals surface area contributed by atoms with Gasteiger partial charge >= 0.3 is 0 Å². The number of piperazine rings is 1. The molecule has 0 bridgehead atoms. The summed E-state index contributed by atoms with van der Waals surface area (Å²) in [5.41, 5.74) is 3.80. The second kappa shape index (κ2) is 9.99. The molecule has 0 radical (unpaired) electrons. The molecule has 3 nitrogen and oxygen atoms in total. The standard InChI is InChI=1S/C24H30Cl3N3/c1-28-17-18(7-8-19-9-10-20(25)16-23(19)28)4-3-11-29-12-14-30(15-13-29)22-6-2-5-21(26)24(22)27/h2,5-6,9-10,16,18H,3-4,7-8,11-15,17H2,1H3/t18-/m0/s1. The number of hydrogen-bond acceptors (Lipinski definition) is 3. The summed E-state index contributed by atoms with van der Waals surface area (Å²) in [7, 11) is 2.20. The van der Waals surface area contributed by atoms with Crippen LogP contribution in [0.25, 0.3) is 0 Å². The zero-order valence-corrected chi connectivity index (χ0v) is 19.9. The summed E-state index contributed by atoms with van der Waals surface area (Å²) in [5.74, 6) is 0.743. The molecule has 2 aliphatic rings. The second-order valence-corrected chi connectivity index (χ2v) is 9.82. The maximum atomic E-state index is 6.40. The highest BCUT2D eigenvalue weighted by atomic mass is 35.5. The summed E-state index contributed by atoms with van der Waals surface area (Å²) >= 11 is 18.8. The number of nitrogens with zero attached hydrogens (tertiary/aromatic N) is 3. The molecule has 0 unspecified atom stereocenters. The number of halogens is 3. The Kier molecular flexibility index (Phi) is 7.36. The van der Waals surface area contributed by atoms with Crippen molar-refractivity contribution in [1.82, 2.24) is 4.90 Å². The van der Waals surface area contributed by atoms with Crippen molar-refractivity contribution in [3.63, 3.8) is 0 Å². The summed E-state index contributed by atoms with van der Waals surface area (Å²) in [6.45, 7) is 6.46. The van der Waals surface area contributed by atoms with E-state index in [1.807, 2.05) is 18.2 Å². The predicted molar refractivity (Wildman–Crippen MR) is 131 cm³/mol. The summed E-state index contributed by atoms with van der Waals surface area (Å²) < 4.78 is 0. The Morgan fingerprint density at radius 3 is 2.57 bits per heavy atom. The lowest BCUT2D eigenvalue weighted by Gasteiger charge is -2.36. The van der Waals surface area contributed by atoms with Gasteiger partial charge in [0, 0.05) is 50.5 Å². The third-order valence-corrected chi connectivity index (χ3v) is 7.59. The van der Waals surface area contributed by atoms with E-state index in [0.29, 0.717) is 10.0 Å². The molecule has 6 heteroatoms. The van der Waals surface area contributed by atoms with Crippen molar-refractivity contribution in [2.75, 3.05) is 56.1 Å². The fourth-order valence-corrected chi connectivity index (χ4v) is 5.41. The molecule has 0 spiro atoms. The maximum absolute atomic E-state index is 6.40. The fourth-order valence-electron chi connectivity index (χ4n) is 4.83. The topological polar surface area (TPSA) is 9.72 Å². The quantitative estimate of drug-likeness (QED) is 0.516. The molecule has 0 N–H and O–H groups in total. The van der Waals surface area contributed by atoms with Crippen LogP contribution in [0.15, 0.2) is 36.4 Å². The lowest BCUT2D eigenvalue weighted by atomic mass is 9.96. The van der Waals surface area contributed by atoms with E-state index in [1.165, 1.54) is 37.1 Å². The van der Waals surface area contributed by atoms with Crippen molar-refractivity contribution in [3.8, 4) is 0 Å². The summed E-state index contributed by atoms with van der Waals surface area (Å²) in [6.07, 6.45) is 4.96. The first-order valence-corrected chi connectivity index (χ1v) is 12.1. The Morgan fingerprint density at radius 2 is 1.77 bits per heavy atom. The van der Waals surface area contributed by atoms with Gasteiger partial charge in [-0.25, -0.2) is 0 Å². The van der Waals surface area contributed by atoms with E-state index < -0.39 is 0 Å². The Balaban J connectivity index is 1.23. The van der Waals surface area contributed by atoms with Crippen LogP contribution in [0, 0.1) is 5.92 Å². The number of fused-ring (bicyclic) bond motifs is 1. The highest BCUT2D eigenvalue weighted by Crippen LogP contribution is 2.33. The normalized spacial score (nSPS) is 20.2. The van der Waals surface area contributed by atoms with Crippen molar-refractivity contribution in [2.45, 2.75) is 25.7 Å². The minimum absolute atomic E-state index is 0.634. The number of rotatable bonds is 5. The lowest BCUT2D eigenvalue weighted by Crippen LogP contribution is -2.46. The van der Waals surface area contributed by atoms with E-state index in [4.69, 9.17) is 34.8 Å². The first-order chi connectivity index (χ1) is 14.5. The van der Waals surface area contributed by atoms with Gasteiger partial charge in [-0.2, -0.15) is 0 Å². The van der Waals surface area contributed by atoms with Crippen molar-refractivity contribution in [3.05, 3.63) is 57.0 Å². The number of benzene rings is 2. The second-order valence-electron chi connectivity index (χ2n) is 8.60. The van der Waals surface area contributed by atoms with E-state index in [1.54, 1.807) is 0 Å². The number of aryl methyl sites for hydroxylation is 1. The van der Waals surface area contributed by atoms with Crippen LogP contribution in [0.4, 0.5) is 11.4 Å². The summed E-state index contributed by atoms with van der Waals surface area (Å²) in [5, 5.41) is 2.14. The van der Waals surface area contributed by atoms with Crippen LogP contribution >= 0.6 is 34.8 Å². The van der Waals surface area contributed by atoms with Crippen molar-refractivity contribution in [1.29, 1.82) is 0 Å². The lowest BCUT2D eigenvalue weighted by molar-refractivity contribution is 0.245. The monoisotopic (exact) mass is 465 g/mol. The molecule has 0 aromatic heterocycles. The smallest absolute Gasteiger partial charge is 0.0825 e. The minimum atomic E-state index is 0.634. The Morgan fingerprint density at radius 1 is 0.967 bits per heavy atom. The van der Waals surface area contributed by atoms with E-state index in [2.05, 4.69) is 39.9 Å². The van der Waals surface area contributed by atoms with E-state index in [0.717, 1.165) is 55.8 Å². The van der Waals surface area contributed by atoms with E-state index in [-0.39, 0.29) is 0 Å². The van der Waals surface area contributed by atoms with Crippen LogP contribution in [0.2, 0.25) is 15.1 Å². The zero-order valence-electron chi connectivity index (χ0n) is 17.6. The van der Waals surface area contributed by atoms with Gasteiger partial charge in [0.15, 0.2) is 0 Å². The molecular weight excluding hydrogens is 437 g/mol. The molecule has 0 aliphatic carbocycles. The molecule has 2 heterocycles. The van der Waals surface area contributed by atoms with Gasteiger partial charge < -0.3 is 9.80 Å². The molecule has 1 saturated heterocycles. The maximum Gasteiger partial charge on any atom is 0.0825 e. The van der Waals surface area contributed by atoms with Gasteiger partial charge in [-0.05, 0) is 68.0 Å². The molecular formula is C24H30Cl3N3. The third kappa shape index (κ3) is 5.19. The fraction of sp³-hybridized carbons (Fsp3) is 0.500. The SMILES string of the molecule is CN1C[C@@H](CCCN2CCN(c3cccc(Cl)c3Cl)CC2)CCc2ccc(Cl)cc21. The Labute approximate surface area is 195 Å². The molecule has 162 valence electrons. The Bertz CT molecular complexity index is 865. The van der Waals surface area contributed by atoms with Crippen LogP contribution < -0.4 is 9.80 Å². The molecule has 0 amide bonds. The van der Waals surface area contributed by atoms with Gasteiger partial charge in [0.05, 0.1) is 15.7 Å². The highest BCUT2D eigenvalue weighted by molar-refractivity contribution is 6.43. The van der Waals surface area contributed by atoms with Crippen molar-refractivity contribution < 1.29 is 0 Å². The molecule has 2 aromatic rings. The largest absolute Gasteiger partial charge is 0.374 e. The van der Waals surface area contributed by atoms with Gasteiger partial charge in [0.25, 0.3) is 0 Å². The van der Waals surface area contributed by atoms with E-state index >= 15 is 0 Å². The first-order valence-electron chi connectivity index (χ1n) is 10.9. The predicted octanol–water partition coefficient (Wildman–Crippen LogP) is 6.25. The molecule has 0 saturated carbocycles. The van der Waals surface area contributed by atoms with Gasteiger partial charge in [-0.1, -0.05) is 46.9 Å². The average molecular weight is 467 g/mol. The molecule has 4 rings (SSSR count). The zero-order chi connectivity index (χ0) is 21.1. The van der Waals surface area contributed by atoms with Crippen LogP contribution in [0.5, 0.6) is 0 Å². The number of hydrogen-bond donors (Lipinski definition) is 0. The van der Waals surface area contributed by atoms with Crippen LogP contribution in [0.3, 0.4) is 0 Å². The average Bonchev–Trinajstić information content (AvgIpc) is 2.89.